The lowest BCUT2D eigenvalue weighted by atomic mass is 10.2. The predicted molar refractivity (Wildman–Crippen MR) is 43.1 cm³/mol. The van der Waals surface area contributed by atoms with E-state index in [2.05, 4.69) is 12.2 Å². The van der Waals surface area contributed by atoms with Gasteiger partial charge < -0.3 is 5.32 Å². The molecule has 0 atom stereocenters. The van der Waals surface area contributed by atoms with Crippen molar-refractivity contribution in [3.8, 4) is 0 Å². The highest BCUT2D eigenvalue weighted by Crippen LogP contribution is 1.97. The Morgan fingerprint density at radius 3 is 2.73 bits per heavy atom. The van der Waals surface area contributed by atoms with Crippen molar-refractivity contribution in [3.63, 3.8) is 0 Å². The van der Waals surface area contributed by atoms with E-state index in [9.17, 15) is 9.18 Å². The summed E-state index contributed by atoms with van der Waals surface area (Å²) in [4.78, 5) is 10.8. The Hall–Kier alpha value is -0.600. The number of hydrogen-bond donors (Lipinski definition) is 1. The summed E-state index contributed by atoms with van der Waals surface area (Å²) in [6.07, 6.45) is 3.63. The largest absolute Gasteiger partial charge is 0.353 e. The molecule has 0 aliphatic heterocycles. The molecule has 0 aliphatic rings. The van der Waals surface area contributed by atoms with Gasteiger partial charge in [0.05, 0.1) is 0 Å². The van der Waals surface area contributed by atoms with E-state index >= 15 is 0 Å². The molecule has 0 aliphatic carbocycles. The average molecular weight is 161 g/mol. The fraction of sp³-hybridized carbons (Fsp3) is 0.875. The van der Waals surface area contributed by atoms with E-state index in [1.165, 1.54) is 0 Å². The predicted octanol–water partition coefficient (Wildman–Crippen LogP) is 1.65. The maximum absolute atomic E-state index is 11.5. The first-order chi connectivity index (χ1) is 5.31. The van der Waals surface area contributed by atoms with Crippen LogP contribution in [0.1, 0.15) is 32.6 Å². The maximum Gasteiger partial charge on any atom is 0.220 e. The number of hydrogen-bond acceptors (Lipinski definition) is 1. The zero-order valence-electron chi connectivity index (χ0n) is 7.03. The highest BCUT2D eigenvalue weighted by Gasteiger charge is 1.97. The number of amides is 1. The minimum atomic E-state index is -0.473. The van der Waals surface area contributed by atoms with E-state index in [-0.39, 0.29) is 12.5 Å². The molecule has 1 amide bonds. The molecule has 2 nitrogen and oxygen atoms in total. The molecule has 0 radical (unpaired) electrons. The number of carbonyl (C=O) groups excluding carboxylic acids is 1. The summed E-state index contributed by atoms with van der Waals surface area (Å²) in [6.45, 7) is 1.77. The first kappa shape index (κ1) is 10.4. The molecule has 0 saturated heterocycles. The second kappa shape index (κ2) is 7.51. The quantitative estimate of drug-likeness (QED) is 0.590. The molecule has 0 aromatic heterocycles. The van der Waals surface area contributed by atoms with E-state index in [0.717, 1.165) is 19.3 Å². The van der Waals surface area contributed by atoms with Crippen molar-refractivity contribution in [3.05, 3.63) is 0 Å². The van der Waals surface area contributed by atoms with Crippen LogP contribution in [0, 0.1) is 0 Å². The van der Waals surface area contributed by atoms with Gasteiger partial charge in [-0.2, -0.15) is 0 Å². The molecule has 3 heteroatoms. The van der Waals surface area contributed by atoms with Gasteiger partial charge in [-0.3, -0.25) is 4.79 Å². The fourth-order valence-corrected chi connectivity index (χ4v) is 0.811. The summed E-state index contributed by atoms with van der Waals surface area (Å²) >= 11 is 0. The standard InChI is InChI=1S/C8H16FNO/c1-2-3-4-5-8(11)10-7-6-9/h2-7H2,1H3,(H,10,11). The minimum Gasteiger partial charge on any atom is -0.353 e. The monoisotopic (exact) mass is 161 g/mol. The third-order valence-electron chi connectivity index (χ3n) is 1.42. The highest BCUT2D eigenvalue weighted by molar-refractivity contribution is 5.75. The van der Waals surface area contributed by atoms with Gasteiger partial charge in [0.15, 0.2) is 0 Å². The third-order valence-corrected chi connectivity index (χ3v) is 1.42. The highest BCUT2D eigenvalue weighted by atomic mass is 19.1. The second-order valence-electron chi connectivity index (χ2n) is 2.50. The fourth-order valence-electron chi connectivity index (χ4n) is 0.811. The molecule has 0 bridgehead atoms. The maximum atomic E-state index is 11.5. The minimum absolute atomic E-state index is 0.0314. The Labute approximate surface area is 67.2 Å². The van der Waals surface area contributed by atoms with E-state index in [4.69, 9.17) is 0 Å². The van der Waals surface area contributed by atoms with Crippen molar-refractivity contribution in [1.29, 1.82) is 0 Å². The number of nitrogens with one attached hydrogen (secondary N) is 1. The van der Waals surface area contributed by atoms with E-state index in [0.29, 0.717) is 6.42 Å². The summed E-state index contributed by atoms with van der Waals surface area (Å²) in [5, 5.41) is 2.48. The van der Waals surface area contributed by atoms with Gasteiger partial charge in [0.1, 0.15) is 6.67 Å². The topological polar surface area (TPSA) is 29.1 Å². The van der Waals surface area contributed by atoms with Gasteiger partial charge in [-0.15, -0.1) is 0 Å². The normalized spacial score (nSPS) is 9.64. The lowest BCUT2D eigenvalue weighted by molar-refractivity contribution is -0.121. The van der Waals surface area contributed by atoms with Crippen LogP contribution in [0.3, 0.4) is 0 Å². The summed E-state index contributed by atoms with van der Waals surface area (Å²) < 4.78 is 11.5. The molecule has 0 spiro atoms. The lowest BCUT2D eigenvalue weighted by Crippen LogP contribution is -2.24. The summed E-state index contributed by atoms with van der Waals surface area (Å²) in [7, 11) is 0. The van der Waals surface area contributed by atoms with Crippen LogP contribution in [0.15, 0.2) is 0 Å². The van der Waals surface area contributed by atoms with E-state index in [1.807, 2.05) is 0 Å². The van der Waals surface area contributed by atoms with Crippen LogP contribution in [0.5, 0.6) is 0 Å². The van der Waals surface area contributed by atoms with Crippen molar-refractivity contribution in [1.82, 2.24) is 5.32 Å². The van der Waals surface area contributed by atoms with Crippen molar-refractivity contribution >= 4 is 5.91 Å². The zero-order chi connectivity index (χ0) is 8.53. The van der Waals surface area contributed by atoms with Crippen LogP contribution in [0.2, 0.25) is 0 Å². The molecule has 0 heterocycles. The van der Waals surface area contributed by atoms with Gasteiger partial charge in [0.2, 0.25) is 5.91 Å². The summed E-state index contributed by atoms with van der Waals surface area (Å²) in [5.41, 5.74) is 0. The Morgan fingerprint density at radius 1 is 1.45 bits per heavy atom. The van der Waals surface area contributed by atoms with Gasteiger partial charge in [0.25, 0.3) is 0 Å². The van der Waals surface area contributed by atoms with E-state index in [1.54, 1.807) is 0 Å². The van der Waals surface area contributed by atoms with Crippen molar-refractivity contribution in [2.75, 3.05) is 13.2 Å². The summed E-state index contributed by atoms with van der Waals surface area (Å²) in [6, 6.07) is 0. The molecule has 0 aromatic rings. The van der Waals surface area contributed by atoms with E-state index < -0.39 is 6.67 Å². The number of rotatable bonds is 6. The van der Waals surface area contributed by atoms with Gasteiger partial charge >= 0.3 is 0 Å². The molecule has 0 fully saturated rings. The number of carbonyl (C=O) groups is 1. The molecule has 0 aromatic carbocycles. The van der Waals surface area contributed by atoms with Gasteiger partial charge in [0, 0.05) is 13.0 Å². The summed E-state index contributed by atoms with van der Waals surface area (Å²) in [5.74, 6) is -0.0314. The Kier molecular flexibility index (Phi) is 7.10. The SMILES string of the molecule is CCCCCC(=O)NCCF. The number of alkyl halides is 1. The molecular formula is C8H16FNO. The van der Waals surface area contributed by atoms with Gasteiger partial charge in [-0.25, -0.2) is 4.39 Å². The molecule has 1 N–H and O–H groups in total. The molecule has 11 heavy (non-hydrogen) atoms. The molecule has 0 rings (SSSR count). The molecule has 0 unspecified atom stereocenters. The zero-order valence-corrected chi connectivity index (χ0v) is 7.03. The van der Waals surface area contributed by atoms with Crippen LogP contribution in [-0.4, -0.2) is 19.1 Å². The molecule has 66 valence electrons. The van der Waals surface area contributed by atoms with Crippen LogP contribution in [0.4, 0.5) is 4.39 Å². The average Bonchev–Trinajstić information content (AvgIpc) is 2.01. The Balaban J connectivity index is 3.09. The van der Waals surface area contributed by atoms with Crippen LogP contribution in [0.25, 0.3) is 0 Å². The van der Waals surface area contributed by atoms with Gasteiger partial charge in [-0.05, 0) is 6.42 Å². The molecule has 0 saturated carbocycles. The van der Waals surface area contributed by atoms with Gasteiger partial charge in [-0.1, -0.05) is 19.8 Å². The first-order valence-electron chi connectivity index (χ1n) is 4.14. The van der Waals surface area contributed by atoms with Crippen LogP contribution < -0.4 is 5.32 Å². The lowest BCUT2D eigenvalue weighted by Gasteiger charge is -2.00. The Morgan fingerprint density at radius 2 is 2.18 bits per heavy atom. The second-order valence-corrected chi connectivity index (χ2v) is 2.50. The van der Waals surface area contributed by atoms with Crippen molar-refractivity contribution < 1.29 is 9.18 Å². The van der Waals surface area contributed by atoms with Crippen LogP contribution >= 0.6 is 0 Å². The number of unbranched alkanes of at least 4 members (excludes halogenated alkanes) is 2. The van der Waals surface area contributed by atoms with Crippen molar-refractivity contribution in [2.45, 2.75) is 32.6 Å². The number of halogens is 1. The third kappa shape index (κ3) is 7.30. The molecular weight excluding hydrogens is 145 g/mol. The van der Waals surface area contributed by atoms with Crippen LogP contribution in [-0.2, 0) is 4.79 Å². The smallest absolute Gasteiger partial charge is 0.220 e. The van der Waals surface area contributed by atoms with Crippen molar-refractivity contribution in [2.24, 2.45) is 0 Å². The Bertz CT molecular complexity index is 106. The first-order valence-corrected chi connectivity index (χ1v) is 4.14.